The van der Waals surface area contributed by atoms with Crippen LogP contribution in [0, 0.1) is 5.92 Å². The summed E-state index contributed by atoms with van der Waals surface area (Å²) in [5.74, 6) is -1.24. The van der Waals surface area contributed by atoms with E-state index in [1.807, 2.05) is 0 Å². The van der Waals surface area contributed by atoms with Crippen LogP contribution in [0.1, 0.15) is 42.6 Å². The van der Waals surface area contributed by atoms with Gasteiger partial charge in [-0.3, -0.25) is 24.6 Å². The number of hydrogen-bond acceptors (Lipinski definition) is 6. The molecule has 0 saturated heterocycles. The maximum Gasteiger partial charge on any atom is 0.300 e. The number of Topliss-reactive ketones (excluding diaryl/α,β-unsaturated/α-hetero) is 1. The molecule has 2 amide bonds. The Labute approximate surface area is 169 Å². The molecule has 1 unspecified atom stereocenters. The molecule has 0 spiro atoms. The Hall–Kier alpha value is -2.13. The lowest BCUT2D eigenvalue weighted by Crippen LogP contribution is -2.46. The summed E-state index contributed by atoms with van der Waals surface area (Å²) < 4.78 is 0.702. The monoisotopic (exact) mass is 450 g/mol. The Morgan fingerprint density at radius 2 is 2.04 bits per heavy atom. The van der Waals surface area contributed by atoms with Crippen molar-refractivity contribution >= 4 is 55.7 Å². The van der Waals surface area contributed by atoms with E-state index in [-0.39, 0.29) is 5.91 Å². The Bertz CT molecular complexity index is 912. The number of fused-ring (bicyclic) bond motifs is 1. The molecule has 0 saturated carbocycles. The summed E-state index contributed by atoms with van der Waals surface area (Å²) in [5.41, 5.74) is 0.753. The molecule has 0 bridgehead atoms. The zero-order valence-corrected chi connectivity index (χ0v) is 17.6. The molecule has 1 N–H and O–H groups in total. The fourth-order valence-electron chi connectivity index (χ4n) is 2.95. The summed E-state index contributed by atoms with van der Waals surface area (Å²) in [6.07, 6.45) is 1.14. The highest BCUT2D eigenvalue weighted by Gasteiger charge is 2.42. The van der Waals surface area contributed by atoms with Crippen LogP contribution in [0.5, 0.6) is 0 Å². The van der Waals surface area contributed by atoms with E-state index in [0.717, 1.165) is 11.4 Å². The summed E-state index contributed by atoms with van der Waals surface area (Å²) in [7, 11) is 0. The number of benzene rings is 1. The third kappa shape index (κ3) is 3.93. The van der Waals surface area contributed by atoms with Gasteiger partial charge in [0.1, 0.15) is 11.0 Å². The average molecular weight is 451 g/mol. The summed E-state index contributed by atoms with van der Waals surface area (Å²) in [6, 6.07) is 4.21. The van der Waals surface area contributed by atoms with E-state index in [2.05, 4.69) is 45.3 Å². The normalized spacial score (nSPS) is 14.6. The van der Waals surface area contributed by atoms with Gasteiger partial charge < -0.3 is 0 Å². The van der Waals surface area contributed by atoms with Gasteiger partial charge in [-0.25, -0.2) is 0 Å². The number of amides is 2. The Kier molecular flexibility index (Phi) is 5.71. The fraction of sp³-hybridized carbons (Fsp3) is 0.389. The van der Waals surface area contributed by atoms with Crippen LogP contribution in [0.2, 0.25) is 0 Å². The van der Waals surface area contributed by atoms with Crippen LogP contribution in [0.3, 0.4) is 0 Å². The van der Waals surface area contributed by atoms with Gasteiger partial charge in [-0.15, -0.1) is 10.2 Å². The van der Waals surface area contributed by atoms with E-state index in [9.17, 15) is 14.4 Å². The van der Waals surface area contributed by atoms with E-state index < -0.39 is 17.7 Å². The number of aromatic nitrogens is 2. The first-order chi connectivity index (χ1) is 12.8. The Morgan fingerprint density at radius 3 is 2.70 bits per heavy atom. The van der Waals surface area contributed by atoms with Gasteiger partial charge in [0.15, 0.2) is 0 Å². The number of anilines is 2. The number of ketones is 1. The first-order valence-electron chi connectivity index (χ1n) is 8.62. The van der Waals surface area contributed by atoms with Crippen molar-refractivity contribution in [2.24, 2.45) is 5.92 Å². The summed E-state index contributed by atoms with van der Waals surface area (Å²) in [5, 5.41) is 12.0. The lowest BCUT2D eigenvalue weighted by atomic mass is 10.1. The molecule has 1 aliphatic rings. The smallest absolute Gasteiger partial charge is 0.299 e. The lowest BCUT2D eigenvalue weighted by molar-refractivity contribution is -0.121. The van der Waals surface area contributed by atoms with E-state index in [1.165, 1.54) is 16.2 Å². The molecule has 1 aromatic carbocycles. The maximum atomic E-state index is 12.8. The van der Waals surface area contributed by atoms with Crippen molar-refractivity contribution in [1.29, 1.82) is 0 Å². The molecule has 1 aliphatic heterocycles. The van der Waals surface area contributed by atoms with E-state index in [4.69, 9.17) is 0 Å². The van der Waals surface area contributed by atoms with Crippen molar-refractivity contribution in [3.63, 3.8) is 0 Å². The minimum Gasteiger partial charge on any atom is -0.299 e. The highest BCUT2D eigenvalue weighted by molar-refractivity contribution is 9.10. The second-order valence-corrected chi connectivity index (χ2v) is 8.66. The van der Waals surface area contributed by atoms with Gasteiger partial charge in [0.25, 0.3) is 11.7 Å². The van der Waals surface area contributed by atoms with Crippen molar-refractivity contribution < 1.29 is 14.4 Å². The maximum absolute atomic E-state index is 12.8. The number of nitrogens with zero attached hydrogens (tertiary/aromatic N) is 3. The molecule has 2 aromatic rings. The van der Waals surface area contributed by atoms with Gasteiger partial charge in [-0.1, -0.05) is 48.0 Å². The zero-order chi connectivity index (χ0) is 19.7. The molecular formula is C18H19BrN4O3S. The van der Waals surface area contributed by atoms with Crippen molar-refractivity contribution in [2.45, 2.75) is 39.7 Å². The van der Waals surface area contributed by atoms with Crippen molar-refractivity contribution in [3.05, 3.63) is 33.2 Å². The van der Waals surface area contributed by atoms with Crippen molar-refractivity contribution in [1.82, 2.24) is 10.2 Å². The topological polar surface area (TPSA) is 92.3 Å². The zero-order valence-electron chi connectivity index (χ0n) is 15.2. The predicted octanol–water partition coefficient (Wildman–Crippen LogP) is 3.45. The SMILES string of the molecule is CCC(C(=O)Nc1nnc(CC(C)C)s1)N1C(=O)C(=O)c2cc(Br)ccc21. The van der Waals surface area contributed by atoms with Crippen LogP contribution in [-0.4, -0.2) is 33.8 Å². The highest BCUT2D eigenvalue weighted by atomic mass is 79.9. The first-order valence-corrected chi connectivity index (χ1v) is 10.2. The Morgan fingerprint density at radius 1 is 1.30 bits per heavy atom. The second-order valence-electron chi connectivity index (χ2n) is 6.68. The number of halogens is 1. The average Bonchev–Trinajstić information content (AvgIpc) is 3.13. The van der Waals surface area contributed by atoms with Crippen LogP contribution < -0.4 is 10.2 Å². The molecule has 1 aromatic heterocycles. The second kappa shape index (κ2) is 7.85. The largest absolute Gasteiger partial charge is 0.300 e. The quantitative estimate of drug-likeness (QED) is 0.680. The minimum atomic E-state index is -0.804. The lowest BCUT2D eigenvalue weighted by Gasteiger charge is -2.25. The van der Waals surface area contributed by atoms with Gasteiger partial charge in [-0.2, -0.15) is 0 Å². The van der Waals surface area contributed by atoms with E-state index in [1.54, 1.807) is 25.1 Å². The molecule has 27 heavy (non-hydrogen) atoms. The highest BCUT2D eigenvalue weighted by Crippen LogP contribution is 2.34. The molecule has 9 heteroatoms. The molecule has 1 atom stereocenters. The molecule has 0 fully saturated rings. The summed E-state index contributed by atoms with van der Waals surface area (Å²) in [4.78, 5) is 38.9. The third-order valence-electron chi connectivity index (χ3n) is 4.16. The van der Waals surface area contributed by atoms with Gasteiger partial charge >= 0.3 is 0 Å². The molecule has 142 valence electrons. The van der Waals surface area contributed by atoms with Crippen molar-refractivity contribution in [2.75, 3.05) is 10.2 Å². The molecule has 7 nitrogen and oxygen atoms in total. The van der Waals surface area contributed by atoms with Gasteiger partial charge in [-0.05, 0) is 30.5 Å². The van der Waals surface area contributed by atoms with Crippen LogP contribution in [0.25, 0.3) is 0 Å². The number of nitrogens with one attached hydrogen (secondary N) is 1. The van der Waals surface area contributed by atoms with Crippen LogP contribution in [0.15, 0.2) is 22.7 Å². The van der Waals surface area contributed by atoms with E-state index >= 15 is 0 Å². The first kappa shape index (κ1) is 19.6. The van der Waals surface area contributed by atoms with Gasteiger partial charge in [0.2, 0.25) is 11.0 Å². The summed E-state index contributed by atoms with van der Waals surface area (Å²) >= 11 is 4.62. The van der Waals surface area contributed by atoms with Crippen LogP contribution in [-0.2, 0) is 16.0 Å². The van der Waals surface area contributed by atoms with Gasteiger partial charge in [0.05, 0.1) is 11.3 Å². The third-order valence-corrected chi connectivity index (χ3v) is 5.51. The van der Waals surface area contributed by atoms with E-state index in [0.29, 0.717) is 33.2 Å². The molecule has 0 radical (unpaired) electrons. The minimum absolute atomic E-state index is 0.302. The van der Waals surface area contributed by atoms with Crippen LogP contribution >= 0.6 is 27.3 Å². The van der Waals surface area contributed by atoms with Gasteiger partial charge in [0, 0.05) is 10.9 Å². The predicted molar refractivity (Wildman–Crippen MR) is 107 cm³/mol. The number of rotatable bonds is 6. The number of hydrogen-bond donors (Lipinski definition) is 1. The fourth-order valence-corrected chi connectivity index (χ4v) is 4.27. The van der Waals surface area contributed by atoms with Crippen molar-refractivity contribution in [3.8, 4) is 0 Å². The molecule has 3 rings (SSSR count). The molecular weight excluding hydrogens is 432 g/mol. The number of carbonyl (C=O) groups excluding carboxylic acids is 3. The Balaban J connectivity index is 1.83. The standard InChI is InChI=1S/C18H19BrN4O3S/c1-4-12(16(25)20-18-22-21-14(27-18)7-9(2)3)23-13-6-5-10(19)8-11(13)15(24)17(23)26/h5-6,8-9,12H,4,7H2,1-3H3,(H,20,22,25). The molecule has 2 heterocycles. The molecule has 0 aliphatic carbocycles. The van der Waals surface area contributed by atoms with Crippen LogP contribution in [0.4, 0.5) is 10.8 Å². The number of carbonyl (C=O) groups is 3. The summed E-state index contributed by atoms with van der Waals surface area (Å²) in [6.45, 7) is 5.96.